The molecule has 2 amide bonds. The molecule has 0 radical (unpaired) electrons. The largest absolute Gasteiger partial charge is 0.452 e. The molecule has 2 heterocycles. The Hall–Kier alpha value is -1.55. The molecule has 2 atom stereocenters. The topological polar surface area (TPSA) is 59.1 Å². The second kappa shape index (κ2) is 6.07. The summed E-state index contributed by atoms with van der Waals surface area (Å²) in [4.78, 5) is 28.1. The fourth-order valence-electron chi connectivity index (χ4n) is 3.38. The summed E-state index contributed by atoms with van der Waals surface area (Å²) in [5.74, 6) is 0. The lowest BCUT2D eigenvalue weighted by Gasteiger charge is -2.33. The molecule has 6 nitrogen and oxygen atoms in total. The van der Waals surface area contributed by atoms with Gasteiger partial charge >= 0.3 is 12.2 Å². The van der Waals surface area contributed by atoms with Gasteiger partial charge in [0.25, 0.3) is 0 Å². The summed E-state index contributed by atoms with van der Waals surface area (Å²) in [6, 6.07) is -0.352. The summed E-state index contributed by atoms with van der Waals surface area (Å²) in [5, 5.41) is 2.32. The highest BCUT2D eigenvalue weighted by molar-refractivity contribution is 6.84. The maximum atomic E-state index is 12.4. The Labute approximate surface area is 146 Å². The van der Waals surface area contributed by atoms with E-state index in [-0.39, 0.29) is 24.3 Å². The van der Waals surface area contributed by atoms with Crippen LogP contribution in [0.5, 0.6) is 0 Å². The number of carbonyl (C=O) groups is 2. The number of carbonyl (C=O) groups excluding carboxylic acids is 2. The number of nitrogens with zero attached hydrogens (tertiary/aromatic N) is 2. The maximum absolute atomic E-state index is 12.4. The van der Waals surface area contributed by atoms with E-state index in [9.17, 15) is 9.59 Å². The van der Waals surface area contributed by atoms with Gasteiger partial charge in [-0.25, -0.2) is 9.59 Å². The highest BCUT2D eigenvalue weighted by Crippen LogP contribution is 2.43. The molecular weight excluding hydrogens is 340 g/mol. The lowest BCUT2D eigenvalue weighted by Crippen LogP contribution is -2.49. The van der Waals surface area contributed by atoms with Gasteiger partial charge in [-0.05, 0) is 10.4 Å². The Morgan fingerprint density at radius 2 is 1.08 bits per heavy atom. The minimum atomic E-state index is -1.76. The van der Waals surface area contributed by atoms with Crippen molar-refractivity contribution >= 4 is 28.3 Å². The molecule has 0 saturated carbocycles. The molecule has 2 rings (SSSR count). The molecule has 0 saturated heterocycles. The van der Waals surface area contributed by atoms with E-state index in [1.165, 1.54) is 14.2 Å². The molecule has 134 valence electrons. The summed E-state index contributed by atoms with van der Waals surface area (Å²) in [7, 11) is -0.727. The minimum absolute atomic E-state index is 0.176. The second-order valence-corrected chi connectivity index (χ2v) is 18.5. The fourth-order valence-corrected chi connectivity index (χ4v) is 6.80. The standard InChI is InChI=1S/C16H28N2O4Si2/c1-21-15(19)17-9-11(23(3,4)5)14-13(17)12(24(6,7)8)10-18(14)16(20)22-2/h9-10,13-14H,1-8H3. The zero-order valence-corrected chi connectivity index (χ0v) is 17.8. The highest BCUT2D eigenvalue weighted by atomic mass is 28.3. The van der Waals surface area contributed by atoms with Crippen LogP contribution in [0.4, 0.5) is 9.59 Å². The van der Waals surface area contributed by atoms with Crippen LogP contribution in [-0.4, -0.2) is 64.4 Å². The van der Waals surface area contributed by atoms with E-state index in [4.69, 9.17) is 9.47 Å². The number of hydrogen-bond donors (Lipinski definition) is 0. The summed E-state index contributed by atoms with van der Waals surface area (Å²) < 4.78 is 10.00. The van der Waals surface area contributed by atoms with E-state index in [1.807, 2.05) is 12.4 Å². The van der Waals surface area contributed by atoms with Gasteiger partial charge < -0.3 is 9.47 Å². The molecule has 0 bridgehead atoms. The first kappa shape index (κ1) is 18.8. The van der Waals surface area contributed by atoms with E-state index < -0.39 is 16.1 Å². The van der Waals surface area contributed by atoms with Crippen molar-refractivity contribution < 1.29 is 19.1 Å². The third-order valence-corrected chi connectivity index (χ3v) is 8.91. The lowest BCUT2D eigenvalue weighted by atomic mass is 10.1. The van der Waals surface area contributed by atoms with Crippen molar-refractivity contribution in [1.29, 1.82) is 0 Å². The van der Waals surface area contributed by atoms with Crippen LogP contribution in [-0.2, 0) is 9.47 Å². The van der Waals surface area contributed by atoms with Crippen LogP contribution in [0.25, 0.3) is 0 Å². The minimum Gasteiger partial charge on any atom is -0.452 e. The zero-order chi connectivity index (χ0) is 18.4. The van der Waals surface area contributed by atoms with E-state index >= 15 is 0 Å². The molecule has 0 N–H and O–H groups in total. The maximum Gasteiger partial charge on any atom is 0.414 e. The Morgan fingerprint density at radius 3 is 1.29 bits per heavy atom. The fraction of sp³-hybridized carbons (Fsp3) is 0.625. The van der Waals surface area contributed by atoms with Gasteiger partial charge in [0.2, 0.25) is 0 Å². The van der Waals surface area contributed by atoms with E-state index in [0.29, 0.717) is 0 Å². The average Bonchev–Trinajstić information content (AvgIpc) is 3.01. The summed E-state index contributed by atoms with van der Waals surface area (Å²) in [6.07, 6.45) is 3.07. The van der Waals surface area contributed by atoms with E-state index in [1.54, 1.807) is 9.80 Å². The molecule has 2 aliphatic heterocycles. The summed E-state index contributed by atoms with van der Waals surface area (Å²) >= 11 is 0. The van der Waals surface area contributed by atoms with Crippen molar-refractivity contribution in [3.8, 4) is 0 Å². The van der Waals surface area contributed by atoms with Crippen LogP contribution in [0.1, 0.15) is 0 Å². The molecule has 2 unspecified atom stereocenters. The number of amides is 2. The summed E-state index contributed by atoms with van der Waals surface area (Å²) in [5.41, 5.74) is 0. The molecule has 24 heavy (non-hydrogen) atoms. The van der Waals surface area contributed by atoms with Crippen molar-refractivity contribution in [2.24, 2.45) is 0 Å². The van der Waals surface area contributed by atoms with Gasteiger partial charge in [-0.2, -0.15) is 0 Å². The molecule has 0 spiro atoms. The van der Waals surface area contributed by atoms with Crippen molar-refractivity contribution in [3.05, 3.63) is 22.8 Å². The third-order valence-electron chi connectivity index (χ3n) is 4.60. The van der Waals surface area contributed by atoms with Crippen molar-refractivity contribution in [2.75, 3.05) is 14.2 Å². The third kappa shape index (κ3) is 3.04. The first-order chi connectivity index (χ1) is 10.9. The van der Waals surface area contributed by atoms with Crippen LogP contribution in [0.2, 0.25) is 39.3 Å². The number of methoxy groups -OCH3 is 2. The van der Waals surface area contributed by atoms with Gasteiger partial charge in [0, 0.05) is 12.4 Å². The number of hydrogen-bond acceptors (Lipinski definition) is 4. The predicted molar refractivity (Wildman–Crippen MR) is 98.9 cm³/mol. The number of fused-ring (bicyclic) bond motifs is 1. The molecule has 0 aromatic carbocycles. The van der Waals surface area contributed by atoms with E-state index in [2.05, 4.69) is 39.3 Å². The van der Waals surface area contributed by atoms with Gasteiger partial charge in [0.1, 0.15) is 0 Å². The normalized spacial score (nSPS) is 23.7. The molecule has 2 aliphatic rings. The molecular formula is C16H28N2O4Si2. The van der Waals surface area contributed by atoms with Crippen molar-refractivity contribution in [3.63, 3.8) is 0 Å². The van der Waals surface area contributed by atoms with E-state index in [0.717, 1.165) is 10.4 Å². The van der Waals surface area contributed by atoms with Crippen LogP contribution in [0, 0.1) is 0 Å². The van der Waals surface area contributed by atoms with Gasteiger partial charge in [-0.15, -0.1) is 0 Å². The summed E-state index contributed by atoms with van der Waals surface area (Å²) in [6.45, 7) is 13.3. The zero-order valence-electron chi connectivity index (χ0n) is 15.8. The van der Waals surface area contributed by atoms with Crippen LogP contribution < -0.4 is 0 Å². The molecule has 0 aliphatic carbocycles. The van der Waals surface area contributed by atoms with Crippen LogP contribution >= 0.6 is 0 Å². The van der Waals surface area contributed by atoms with Gasteiger partial charge in [0.15, 0.2) is 0 Å². The molecule has 8 heteroatoms. The molecule has 0 fully saturated rings. The molecule has 0 aromatic rings. The highest BCUT2D eigenvalue weighted by Gasteiger charge is 2.54. The SMILES string of the molecule is COC(=O)N1C=C([Si](C)(C)C)C2C1C([Si](C)(C)C)=CN2C(=O)OC. The number of rotatable bonds is 2. The smallest absolute Gasteiger partial charge is 0.414 e. The Balaban J connectivity index is 2.60. The number of ether oxygens (including phenoxy) is 2. The Morgan fingerprint density at radius 1 is 0.792 bits per heavy atom. The monoisotopic (exact) mass is 368 g/mol. The Bertz CT molecular complexity index is 563. The predicted octanol–water partition coefficient (Wildman–Crippen LogP) is 3.41. The first-order valence-corrected chi connectivity index (χ1v) is 15.1. The average molecular weight is 369 g/mol. The molecule has 0 aromatic heterocycles. The second-order valence-electron chi connectivity index (χ2n) is 8.31. The van der Waals surface area contributed by atoms with Gasteiger partial charge in [0.05, 0.1) is 42.5 Å². The van der Waals surface area contributed by atoms with Crippen molar-refractivity contribution in [2.45, 2.75) is 51.4 Å². The van der Waals surface area contributed by atoms with Crippen LogP contribution in [0.15, 0.2) is 22.8 Å². The van der Waals surface area contributed by atoms with Gasteiger partial charge in [-0.1, -0.05) is 39.3 Å². The quantitative estimate of drug-likeness (QED) is 0.701. The van der Waals surface area contributed by atoms with Gasteiger partial charge in [-0.3, -0.25) is 9.80 Å². The van der Waals surface area contributed by atoms with Crippen LogP contribution in [0.3, 0.4) is 0 Å². The lowest BCUT2D eigenvalue weighted by molar-refractivity contribution is 0.117. The van der Waals surface area contributed by atoms with Crippen molar-refractivity contribution in [1.82, 2.24) is 9.80 Å². The first-order valence-electron chi connectivity index (χ1n) is 8.10. The Kier molecular flexibility index (Phi) is 4.75.